The number of aliphatic hydroxyl groups excluding tert-OH is 1. The molecular weight excluding hydrogens is 204 g/mol. The third-order valence-electron chi connectivity index (χ3n) is 2.40. The predicted octanol–water partition coefficient (Wildman–Crippen LogP) is 2.83. The van der Waals surface area contributed by atoms with Gasteiger partial charge in [0.15, 0.2) is 0 Å². The van der Waals surface area contributed by atoms with Crippen LogP contribution in [0.5, 0.6) is 0 Å². The summed E-state index contributed by atoms with van der Waals surface area (Å²) in [5.74, 6) is -0.125. The quantitative estimate of drug-likeness (QED) is 0.336. The van der Waals surface area contributed by atoms with Crippen molar-refractivity contribution in [3.63, 3.8) is 0 Å². The van der Waals surface area contributed by atoms with Gasteiger partial charge in [-0.05, 0) is 12.8 Å². The summed E-state index contributed by atoms with van der Waals surface area (Å²) in [5.41, 5.74) is 0. The zero-order valence-corrected chi connectivity index (χ0v) is 10.1. The van der Waals surface area contributed by atoms with Crippen molar-refractivity contribution in [1.29, 1.82) is 0 Å². The van der Waals surface area contributed by atoms with Gasteiger partial charge < -0.3 is 9.84 Å². The van der Waals surface area contributed by atoms with Crippen LogP contribution in [-0.2, 0) is 9.53 Å². The molecule has 0 amide bonds. The van der Waals surface area contributed by atoms with Crippen LogP contribution < -0.4 is 0 Å². The molecule has 3 nitrogen and oxygen atoms in total. The zero-order valence-electron chi connectivity index (χ0n) is 10.1. The Morgan fingerprint density at radius 1 is 1.06 bits per heavy atom. The molecule has 0 bridgehead atoms. The molecule has 0 aliphatic carbocycles. The maximum Gasteiger partial charge on any atom is 0.306 e. The minimum Gasteiger partial charge on any atom is -0.461 e. The Morgan fingerprint density at radius 3 is 2.19 bits per heavy atom. The molecule has 0 spiro atoms. The Balaban J connectivity index is 3.08. The Hall–Kier alpha value is -0.830. The van der Waals surface area contributed by atoms with Crippen LogP contribution in [0.25, 0.3) is 0 Å². The van der Waals surface area contributed by atoms with Crippen molar-refractivity contribution in [3.8, 4) is 0 Å². The zero-order chi connectivity index (χ0) is 12.1. The highest BCUT2D eigenvalue weighted by Crippen LogP contribution is 2.08. The van der Waals surface area contributed by atoms with E-state index in [4.69, 9.17) is 9.84 Å². The second-order valence-corrected chi connectivity index (χ2v) is 3.92. The summed E-state index contributed by atoms with van der Waals surface area (Å²) in [6.45, 7) is 4.10. The monoisotopic (exact) mass is 228 g/mol. The van der Waals surface area contributed by atoms with Crippen LogP contribution in [-0.4, -0.2) is 24.3 Å². The van der Waals surface area contributed by atoms with Crippen molar-refractivity contribution in [2.45, 2.75) is 51.4 Å². The molecule has 0 atom stereocenters. The number of carbonyl (C=O) groups is 1. The Kier molecular flexibility index (Phi) is 11.6. The fourth-order valence-corrected chi connectivity index (χ4v) is 1.49. The van der Waals surface area contributed by atoms with Crippen LogP contribution in [0.1, 0.15) is 51.4 Å². The molecule has 16 heavy (non-hydrogen) atoms. The lowest BCUT2D eigenvalue weighted by Crippen LogP contribution is -2.03. The van der Waals surface area contributed by atoms with Gasteiger partial charge in [0.25, 0.3) is 0 Å². The number of rotatable bonds is 11. The summed E-state index contributed by atoms with van der Waals surface area (Å²) in [6, 6.07) is 0. The van der Waals surface area contributed by atoms with E-state index in [-0.39, 0.29) is 5.97 Å². The van der Waals surface area contributed by atoms with Crippen LogP contribution in [0, 0.1) is 0 Å². The molecule has 0 fully saturated rings. The molecule has 0 aliphatic rings. The van der Waals surface area contributed by atoms with Crippen molar-refractivity contribution in [2.24, 2.45) is 0 Å². The number of ether oxygens (including phenoxy) is 1. The molecule has 0 unspecified atom stereocenters. The normalized spacial score (nSPS) is 10.1. The fourth-order valence-electron chi connectivity index (χ4n) is 1.49. The van der Waals surface area contributed by atoms with E-state index < -0.39 is 0 Å². The van der Waals surface area contributed by atoms with Crippen molar-refractivity contribution >= 4 is 5.97 Å². The van der Waals surface area contributed by atoms with E-state index in [0.29, 0.717) is 19.6 Å². The van der Waals surface area contributed by atoms with Gasteiger partial charge in [0.1, 0.15) is 6.61 Å². The lowest BCUT2D eigenvalue weighted by molar-refractivity contribution is -0.142. The number of carbonyl (C=O) groups excluding carboxylic acids is 1. The Morgan fingerprint density at radius 2 is 1.62 bits per heavy atom. The fraction of sp³-hybridized carbons (Fsp3) is 0.769. The van der Waals surface area contributed by atoms with Gasteiger partial charge in [0.2, 0.25) is 0 Å². The van der Waals surface area contributed by atoms with Crippen LogP contribution in [0.15, 0.2) is 12.7 Å². The molecular formula is C13H24O3. The topological polar surface area (TPSA) is 46.5 Å². The number of unbranched alkanes of at least 4 members (excludes halogenated alkanes) is 6. The first kappa shape index (κ1) is 15.2. The van der Waals surface area contributed by atoms with E-state index in [1.165, 1.54) is 19.3 Å². The maximum absolute atomic E-state index is 11.1. The van der Waals surface area contributed by atoms with E-state index in [0.717, 1.165) is 25.7 Å². The average Bonchev–Trinajstić information content (AvgIpc) is 2.30. The van der Waals surface area contributed by atoms with Crippen molar-refractivity contribution in [2.75, 3.05) is 13.2 Å². The Bertz CT molecular complexity index is 178. The van der Waals surface area contributed by atoms with Crippen molar-refractivity contribution < 1.29 is 14.6 Å². The number of hydrogen-bond donors (Lipinski definition) is 1. The lowest BCUT2D eigenvalue weighted by atomic mass is 10.1. The molecule has 0 saturated carbocycles. The van der Waals surface area contributed by atoms with Gasteiger partial charge in [-0.1, -0.05) is 44.8 Å². The molecule has 0 saturated heterocycles. The molecule has 3 heteroatoms. The third kappa shape index (κ3) is 11.2. The summed E-state index contributed by atoms with van der Waals surface area (Å²) in [5, 5.41) is 8.58. The largest absolute Gasteiger partial charge is 0.461 e. The SMILES string of the molecule is C=CCOC(=O)CCCCCCCCCO. The molecule has 0 heterocycles. The number of esters is 1. The standard InChI is InChI=1S/C13H24O3/c1-2-12-16-13(15)10-8-6-4-3-5-7-9-11-14/h2,14H,1,3-12H2. The minimum atomic E-state index is -0.125. The average molecular weight is 228 g/mol. The van der Waals surface area contributed by atoms with Crippen molar-refractivity contribution in [3.05, 3.63) is 12.7 Å². The van der Waals surface area contributed by atoms with Crippen LogP contribution in [0.2, 0.25) is 0 Å². The van der Waals surface area contributed by atoms with Gasteiger partial charge in [0.05, 0.1) is 0 Å². The highest BCUT2D eigenvalue weighted by atomic mass is 16.5. The van der Waals surface area contributed by atoms with Crippen LogP contribution >= 0.6 is 0 Å². The molecule has 0 rings (SSSR count). The highest BCUT2D eigenvalue weighted by Gasteiger charge is 2.00. The van der Waals surface area contributed by atoms with Gasteiger partial charge in [-0.15, -0.1) is 0 Å². The minimum absolute atomic E-state index is 0.125. The summed E-state index contributed by atoms with van der Waals surface area (Å²) >= 11 is 0. The summed E-state index contributed by atoms with van der Waals surface area (Å²) in [6.07, 6.45) is 9.66. The number of aliphatic hydroxyl groups is 1. The first-order valence-electron chi connectivity index (χ1n) is 6.18. The van der Waals surface area contributed by atoms with E-state index in [1.807, 2.05) is 0 Å². The van der Waals surface area contributed by atoms with Gasteiger partial charge in [-0.3, -0.25) is 4.79 Å². The predicted molar refractivity (Wildman–Crippen MR) is 65.2 cm³/mol. The maximum atomic E-state index is 11.1. The van der Waals surface area contributed by atoms with Gasteiger partial charge in [0, 0.05) is 13.0 Å². The summed E-state index contributed by atoms with van der Waals surface area (Å²) in [7, 11) is 0. The number of hydrogen-bond acceptors (Lipinski definition) is 3. The molecule has 0 aliphatic heterocycles. The molecule has 0 aromatic carbocycles. The van der Waals surface area contributed by atoms with Crippen LogP contribution in [0.4, 0.5) is 0 Å². The first-order chi connectivity index (χ1) is 7.81. The highest BCUT2D eigenvalue weighted by molar-refractivity contribution is 5.69. The smallest absolute Gasteiger partial charge is 0.306 e. The Labute approximate surface area is 98.5 Å². The van der Waals surface area contributed by atoms with E-state index in [2.05, 4.69) is 6.58 Å². The van der Waals surface area contributed by atoms with Gasteiger partial charge in [-0.2, -0.15) is 0 Å². The molecule has 0 aromatic heterocycles. The first-order valence-corrected chi connectivity index (χ1v) is 6.18. The van der Waals surface area contributed by atoms with Crippen LogP contribution in [0.3, 0.4) is 0 Å². The third-order valence-corrected chi connectivity index (χ3v) is 2.40. The van der Waals surface area contributed by atoms with E-state index in [9.17, 15) is 4.79 Å². The molecule has 1 N–H and O–H groups in total. The molecule has 0 radical (unpaired) electrons. The molecule has 94 valence electrons. The van der Waals surface area contributed by atoms with Gasteiger partial charge in [-0.25, -0.2) is 0 Å². The second-order valence-electron chi connectivity index (χ2n) is 3.92. The summed E-state index contributed by atoms with van der Waals surface area (Å²) in [4.78, 5) is 11.1. The van der Waals surface area contributed by atoms with E-state index in [1.54, 1.807) is 6.08 Å². The van der Waals surface area contributed by atoms with E-state index >= 15 is 0 Å². The second kappa shape index (κ2) is 12.2. The van der Waals surface area contributed by atoms with Crippen molar-refractivity contribution in [1.82, 2.24) is 0 Å². The molecule has 0 aromatic rings. The lowest BCUT2D eigenvalue weighted by Gasteiger charge is -2.02. The summed E-state index contributed by atoms with van der Waals surface area (Å²) < 4.78 is 4.87. The van der Waals surface area contributed by atoms with Gasteiger partial charge >= 0.3 is 5.97 Å².